The van der Waals surface area contributed by atoms with E-state index < -0.39 is 45.3 Å². The molecule has 3 fully saturated rings. The summed E-state index contributed by atoms with van der Waals surface area (Å²) in [5.41, 5.74) is 18.2. The summed E-state index contributed by atoms with van der Waals surface area (Å²) in [5.74, 6) is 5.89. The molecule has 33 nitrogen and oxygen atoms in total. The normalized spacial score (nSPS) is 15.2. The number of aromatic amines is 1. The number of likely N-dealkylation sites (tertiary alicyclic amines) is 3. The summed E-state index contributed by atoms with van der Waals surface area (Å²) < 4.78 is 102. The van der Waals surface area contributed by atoms with Gasteiger partial charge in [0.05, 0.1) is 143 Å². The highest BCUT2D eigenvalue weighted by Crippen LogP contribution is 2.45. The van der Waals surface area contributed by atoms with Gasteiger partial charge in [-0.3, -0.25) is 34.3 Å². The van der Waals surface area contributed by atoms with Gasteiger partial charge in [0, 0.05) is 91.8 Å². The Balaban J connectivity index is 0.000000164. The second kappa shape index (κ2) is 45.7. The molecule has 0 radical (unpaired) electrons. The number of H-pyrrole nitrogens is 1. The summed E-state index contributed by atoms with van der Waals surface area (Å²) >= 11 is 0. The second-order valence-corrected chi connectivity index (χ2v) is 47.8. The fourth-order valence-electron chi connectivity index (χ4n) is 19.5. The van der Waals surface area contributed by atoms with Crippen LogP contribution in [0.4, 0.5) is 57.8 Å². The smallest absolute Gasteiger partial charge is 0.242 e. The lowest BCUT2D eigenvalue weighted by Crippen LogP contribution is -2.42. The van der Waals surface area contributed by atoms with E-state index in [0.717, 1.165) is 161 Å². The third-order valence-corrected chi connectivity index (χ3v) is 33.9. The van der Waals surface area contributed by atoms with Crippen LogP contribution in [0.2, 0.25) is 0 Å². The predicted octanol–water partition coefficient (Wildman–Crippen LogP) is 19.3. The number of hydrogen-bond donors (Lipinski definition) is 6. The number of likely N-dealkylation sites (N-methyl/N-ethyl adjacent to an activating group) is 1. The number of imidazole rings is 1. The first-order valence-electron chi connectivity index (χ1n) is 50.4. The number of amides is 2. The van der Waals surface area contributed by atoms with Gasteiger partial charge < -0.3 is 60.1 Å². The molecule has 0 saturated carbocycles. The number of nitrogens with one attached hydrogen (secondary N) is 6. The minimum absolute atomic E-state index is 0.0177. The number of aromatic nitrogens is 11. The minimum atomic E-state index is -3.56. The Morgan fingerprint density at radius 3 is 1.32 bits per heavy atom. The molecule has 0 bridgehead atoms. The lowest BCUT2D eigenvalue weighted by atomic mass is 9.85. The number of ether oxygens (including phenoxy) is 3. The number of pyridine rings is 1. The van der Waals surface area contributed by atoms with E-state index in [1.165, 1.54) is 27.8 Å². The Kier molecular flexibility index (Phi) is 33.5. The number of para-hydroxylation sites is 3. The number of sulfone groups is 3. The maximum atomic E-state index is 13.2. The molecule has 11 heterocycles. The molecule has 6 N–H and O–H groups in total. The molecule has 6 aromatic carbocycles. The number of anilines is 10. The van der Waals surface area contributed by atoms with Crippen molar-refractivity contribution in [2.45, 2.75) is 275 Å². The Labute approximate surface area is 853 Å². The summed E-state index contributed by atoms with van der Waals surface area (Å²) in [4.78, 5) is 72.3. The van der Waals surface area contributed by atoms with Crippen molar-refractivity contribution in [3.05, 3.63) is 225 Å². The van der Waals surface area contributed by atoms with E-state index in [1.807, 2.05) is 132 Å². The van der Waals surface area contributed by atoms with Gasteiger partial charge in [0.25, 0.3) is 0 Å². The van der Waals surface area contributed by atoms with E-state index in [2.05, 4.69) is 126 Å². The third kappa shape index (κ3) is 25.0. The van der Waals surface area contributed by atoms with Crippen LogP contribution in [0.25, 0.3) is 10.9 Å². The van der Waals surface area contributed by atoms with Gasteiger partial charge in [-0.05, 0) is 327 Å². The summed E-state index contributed by atoms with van der Waals surface area (Å²) in [5, 5.41) is 27.9. The van der Waals surface area contributed by atoms with Gasteiger partial charge >= 0.3 is 0 Å². The highest BCUT2D eigenvalue weighted by Gasteiger charge is 2.35. The number of carbonyl (C=O) groups excluding carboxylic acids is 2. The molecule has 6 aromatic heterocycles. The molecule has 5 aliphatic rings. The summed E-state index contributed by atoms with van der Waals surface area (Å²) in [7, 11) is -6.79. The minimum Gasteiger partial charge on any atom is -0.491 e. The van der Waals surface area contributed by atoms with Gasteiger partial charge in [-0.1, -0.05) is 42.5 Å². The quantitative estimate of drug-likeness (QED) is 0.0218. The van der Waals surface area contributed by atoms with Crippen LogP contribution in [0.3, 0.4) is 0 Å². The first kappa shape index (κ1) is 106. The molecule has 36 heteroatoms. The average molecular weight is 2030 g/mol. The maximum Gasteiger partial charge on any atom is 0.242 e. The number of fused-ring (bicyclic) bond motifs is 3. The number of carbonyl (C=O) groups is 2. The number of benzene rings is 6. The molecule has 12 aromatic rings. The zero-order chi connectivity index (χ0) is 104. The van der Waals surface area contributed by atoms with E-state index in [1.54, 1.807) is 125 Å². The van der Waals surface area contributed by atoms with Crippen LogP contribution in [-0.4, -0.2) is 223 Å². The number of nitrogens with zero attached hydrogens (tertiary/aromatic N) is 16. The summed E-state index contributed by atoms with van der Waals surface area (Å²) in [6, 6.07) is 38.0. The van der Waals surface area contributed by atoms with Gasteiger partial charge in [0.15, 0.2) is 29.5 Å². The largest absolute Gasteiger partial charge is 0.491 e. The molecule has 2 amide bonds. The van der Waals surface area contributed by atoms with Gasteiger partial charge in [-0.25, -0.2) is 45.2 Å². The summed E-state index contributed by atoms with van der Waals surface area (Å²) in [6.45, 7) is 44.0. The first-order valence-corrected chi connectivity index (χ1v) is 55.0. The molecule has 0 spiro atoms. The molecule has 1 unspecified atom stereocenters. The molecule has 0 aliphatic carbocycles. The Bertz CT molecular complexity index is 7100. The fourth-order valence-corrected chi connectivity index (χ4v) is 23.1. The standard InChI is InChI=1S/C37H48N8O3S.C36H44N8O4S.C36H48N6O4S/c1-23(2)48-33-20-29(28-13-17-44(18-14-28)26(6)22-45-16-10-15-39-45)25(5)19-31(33)41-37-42-32-21-38-27(7)35(32)36(43-37)40-30-11-8-9-12-34(30)49(46,47)24(3)4;1-22(2)48-31-18-27(26-11-14-44(15-12-26)33(45)20-43-16-13-37-21-43)24(5)17-29(31)40-36-41-30-19-38-25(6)34(30)35(42-36)39-28-9-7-8-10-32(28)49(46,47)23(3)4;1-22(2)46-32-20-29(26-13-15-42(16-14-26)34(43)21-41(7)8)24(5)17-27(32)18-28-19-31-35(25(6)39-40-31)36(37-28)38-30-11-9-10-12-33(30)47(44,45)23(3)4/h8-12,15-16,19-20,23-24,26,28H,13-14,17-18,21-22H2,1-7H3,(H2,40,41,42,43);7-10,13,16-18,21-23,26H,11-12,14-15,19-20H2,1-6H3,(H2,39,40,41,42);9-12,17,19-20,22-23,26H,13-16,18,21H2,1-8H3,(H,37,38)(H,39,40). The van der Waals surface area contributed by atoms with Crippen molar-refractivity contribution in [2.24, 2.45) is 9.98 Å². The lowest BCUT2D eigenvalue weighted by molar-refractivity contribution is -0.133. The van der Waals surface area contributed by atoms with E-state index in [9.17, 15) is 34.8 Å². The number of aryl methyl sites for hydroxylation is 4. The molecular weight excluding hydrogens is 1890 g/mol. The van der Waals surface area contributed by atoms with Crippen molar-refractivity contribution < 1.29 is 49.1 Å². The molecule has 5 aliphatic heterocycles. The van der Waals surface area contributed by atoms with Crippen molar-refractivity contribution in [3.63, 3.8) is 0 Å². The van der Waals surface area contributed by atoms with E-state index in [4.69, 9.17) is 39.1 Å². The van der Waals surface area contributed by atoms with Crippen LogP contribution in [0.1, 0.15) is 233 Å². The van der Waals surface area contributed by atoms with E-state index in [-0.39, 0.29) is 50.7 Å². The zero-order valence-electron chi connectivity index (χ0n) is 87.3. The molecule has 145 heavy (non-hydrogen) atoms. The van der Waals surface area contributed by atoms with Crippen molar-refractivity contribution in [3.8, 4) is 17.2 Å². The van der Waals surface area contributed by atoms with Gasteiger partial charge in [-0.2, -0.15) is 20.2 Å². The lowest BCUT2D eigenvalue weighted by Gasteiger charge is -2.36. The maximum absolute atomic E-state index is 13.2. The average Bonchev–Trinajstić information content (AvgIpc) is 1.69. The van der Waals surface area contributed by atoms with Crippen molar-refractivity contribution >= 4 is 121 Å². The Morgan fingerprint density at radius 1 is 0.469 bits per heavy atom. The highest BCUT2D eigenvalue weighted by molar-refractivity contribution is 7.92. The van der Waals surface area contributed by atoms with Gasteiger partial charge in [-0.15, -0.1) is 0 Å². The van der Waals surface area contributed by atoms with Crippen LogP contribution >= 0.6 is 0 Å². The Hall–Kier alpha value is -13.0. The summed E-state index contributed by atoms with van der Waals surface area (Å²) in [6.07, 6.45) is 15.1. The van der Waals surface area contributed by atoms with Gasteiger partial charge in [0.1, 0.15) is 41.2 Å². The number of aliphatic imine (C=N–C) groups is 2. The third-order valence-electron chi connectivity index (χ3n) is 27.2. The van der Waals surface area contributed by atoms with Crippen LogP contribution in [-0.2, 0) is 71.7 Å². The second-order valence-electron chi connectivity index (χ2n) is 40.4. The zero-order valence-corrected chi connectivity index (χ0v) is 89.8. The van der Waals surface area contributed by atoms with E-state index >= 15 is 0 Å². The molecular formula is C109H140N22O11S3. The molecule has 17 rings (SSSR count). The van der Waals surface area contributed by atoms with Crippen LogP contribution in [0.15, 0.2) is 177 Å². The van der Waals surface area contributed by atoms with Crippen LogP contribution in [0, 0.1) is 27.7 Å². The first-order chi connectivity index (χ1) is 69.0. The highest BCUT2D eigenvalue weighted by atomic mass is 32.2. The number of rotatable bonds is 34. The molecule has 1 atom stereocenters. The van der Waals surface area contributed by atoms with Crippen molar-refractivity contribution in [1.82, 2.24) is 74.0 Å². The SMILES string of the molecule is CC1=NCc2nc(Nc3cc(C)c(C4CCN(C(=O)Cn5ccnc5)CC4)cc3OC(C)C)nc(Nc3ccccc3S(=O)(=O)C(C)C)c21.CC1=NCc2nc(Nc3cc(C)c(C4CCN(C(C)Cn5cccn5)CC4)cc3OC(C)C)nc(Nc3ccccc3S(=O)(=O)C(C)C)c21.Cc1cc(Cc2cc3n[nH]c(C)c3c(Nc3ccccc3S(=O)(=O)C(C)C)n2)c(OC(C)C)cc1C1CCN(C(=O)CN(C)C)CC1. The van der Waals surface area contributed by atoms with Crippen LogP contribution in [0.5, 0.6) is 17.2 Å². The topological polar surface area (TPSA) is 391 Å². The fraction of sp³-hybridized carbons (Fsp3) is 0.450. The monoisotopic (exact) mass is 2030 g/mol. The molecule has 770 valence electrons. The number of hydrogen-bond acceptors (Lipinski definition) is 28. The van der Waals surface area contributed by atoms with Crippen molar-refractivity contribution in [1.29, 1.82) is 0 Å². The Morgan fingerprint density at radius 2 is 0.897 bits per heavy atom. The van der Waals surface area contributed by atoms with Gasteiger partial charge in [0.2, 0.25) is 23.7 Å². The predicted molar refractivity (Wildman–Crippen MR) is 574 cm³/mol. The molecule has 3 saturated heterocycles. The number of piperidine rings is 3. The van der Waals surface area contributed by atoms with E-state index in [0.29, 0.717) is 116 Å². The van der Waals surface area contributed by atoms with Crippen LogP contribution < -0.4 is 40.8 Å². The van der Waals surface area contributed by atoms with Crippen molar-refractivity contribution in [2.75, 3.05) is 86.5 Å².